The fraction of sp³-hybridized carbons (Fsp3) is 0.333. The molecule has 0 bridgehead atoms. The maximum Gasteiger partial charge on any atom is 0.333 e. The molecule has 0 atom stereocenters. The SMILES string of the molecule is CCOC(=O)/C(C)=C/c1cscn1. The molecule has 0 amide bonds. The first-order valence-corrected chi connectivity index (χ1v) is 4.92. The Morgan fingerprint density at radius 2 is 2.54 bits per heavy atom. The van der Waals surface area contributed by atoms with Crippen molar-refractivity contribution in [3.05, 3.63) is 22.2 Å². The summed E-state index contributed by atoms with van der Waals surface area (Å²) in [6, 6.07) is 0. The number of ether oxygens (including phenoxy) is 1. The topological polar surface area (TPSA) is 39.2 Å². The summed E-state index contributed by atoms with van der Waals surface area (Å²) >= 11 is 1.50. The van der Waals surface area contributed by atoms with Gasteiger partial charge in [0.15, 0.2) is 0 Å². The van der Waals surface area contributed by atoms with E-state index in [4.69, 9.17) is 4.74 Å². The van der Waals surface area contributed by atoms with Crippen LogP contribution in [0.2, 0.25) is 0 Å². The van der Waals surface area contributed by atoms with Crippen LogP contribution in [-0.4, -0.2) is 17.6 Å². The molecule has 1 aromatic heterocycles. The second-order valence-electron chi connectivity index (χ2n) is 2.46. The normalized spacial score (nSPS) is 11.4. The zero-order valence-electron chi connectivity index (χ0n) is 7.61. The highest BCUT2D eigenvalue weighted by atomic mass is 32.1. The van der Waals surface area contributed by atoms with Crippen LogP contribution in [0, 0.1) is 0 Å². The predicted molar refractivity (Wildman–Crippen MR) is 52.4 cm³/mol. The fourth-order valence-corrected chi connectivity index (χ4v) is 1.33. The molecule has 0 aliphatic heterocycles. The largest absolute Gasteiger partial charge is 0.463 e. The van der Waals surface area contributed by atoms with Gasteiger partial charge < -0.3 is 4.74 Å². The Bertz CT molecular complexity index is 303. The van der Waals surface area contributed by atoms with E-state index in [9.17, 15) is 4.79 Å². The Labute approximate surface area is 81.1 Å². The summed E-state index contributed by atoms with van der Waals surface area (Å²) in [4.78, 5) is 15.2. The molecule has 0 aliphatic carbocycles. The number of aromatic nitrogens is 1. The second-order valence-corrected chi connectivity index (χ2v) is 3.18. The van der Waals surface area contributed by atoms with E-state index in [1.54, 1.807) is 25.4 Å². The highest BCUT2D eigenvalue weighted by molar-refractivity contribution is 7.07. The van der Waals surface area contributed by atoms with Gasteiger partial charge in [-0.15, -0.1) is 11.3 Å². The lowest BCUT2D eigenvalue weighted by Gasteiger charge is -1.99. The van der Waals surface area contributed by atoms with Crippen molar-refractivity contribution < 1.29 is 9.53 Å². The van der Waals surface area contributed by atoms with Crippen LogP contribution in [-0.2, 0) is 9.53 Å². The molecular formula is C9H11NO2S. The molecule has 0 N–H and O–H groups in total. The standard InChI is InChI=1S/C9H11NO2S/c1-3-12-9(11)7(2)4-8-5-13-6-10-8/h4-6H,3H2,1-2H3/b7-4+. The minimum Gasteiger partial charge on any atom is -0.463 e. The van der Waals surface area contributed by atoms with Crippen LogP contribution in [0.3, 0.4) is 0 Å². The zero-order chi connectivity index (χ0) is 9.68. The molecule has 0 fully saturated rings. The molecule has 1 aromatic rings. The van der Waals surface area contributed by atoms with Crippen LogP contribution in [0.15, 0.2) is 16.5 Å². The highest BCUT2D eigenvalue weighted by Crippen LogP contribution is 2.07. The number of carbonyl (C=O) groups excluding carboxylic acids is 1. The molecule has 1 rings (SSSR count). The van der Waals surface area contributed by atoms with Crippen LogP contribution >= 0.6 is 11.3 Å². The first-order chi connectivity index (χ1) is 6.24. The molecule has 3 nitrogen and oxygen atoms in total. The van der Waals surface area contributed by atoms with Gasteiger partial charge in [0.05, 0.1) is 17.8 Å². The Balaban J connectivity index is 2.66. The van der Waals surface area contributed by atoms with Crippen molar-refractivity contribution in [2.24, 2.45) is 0 Å². The molecule has 0 saturated carbocycles. The lowest BCUT2D eigenvalue weighted by molar-refractivity contribution is -0.138. The molecule has 0 aliphatic rings. The summed E-state index contributed by atoms with van der Waals surface area (Å²) in [5.41, 5.74) is 3.10. The van der Waals surface area contributed by atoms with E-state index in [0.717, 1.165) is 5.69 Å². The van der Waals surface area contributed by atoms with E-state index in [-0.39, 0.29) is 5.97 Å². The van der Waals surface area contributed by atoms with Gasteiger partial charge in [-0.2, -0.15) is 0 Å². The zero-order valence-corrected chi connectivity index (χ0v) is 8.43. The van der Waals surface area contributed by atoms with Crippen molar-refractivity contribution in [2.45, 2.75) is 13.8 Å². The number of hydrogen-bond donors (Lipinski definition) is 0. The summed E-state index contributed by atoms with van der Waals surface area (Å²) in [7, 11) is 0. The van der Waals surface area contributed by atoms with Crippen LogP contribution in [0.25, 0.3) is 6.08 Å². The van der Waals surface area contributed by atoms with Gasteiger partial charge in [0.25, 0.3) is 0 Å². The summed E-state index contributed by atoms with van der Waals surface area (Å²) in [6.45, 7) is 3.91. The average molecular weight is 197 g/mol. The number of thiazole rings is 1. The number of esters is 1. The van der Waals surface area contributed by atoms with Gasteiger partial charge in [0, 0.05) is 11.0 Å². The molecule has 0 aromatic carbocycles. The molecule has 0 spiro atoms. The molecular weight excluding hydrogens is 186 g/mol. The number of rotatable bonds is 3. The van der Waals surface area contributed by atoms with Gasteiger partial charge in [0.2, 0.25) is 0 Å². The van der Waals surface area contributed by atoms with Crippen molar-refractivity contribution in [2.75, 3.05) is 6.61 Å². The quantitative estimate of drug-likeness (QED) is 0.550. The second kappa shape index (κ2) is 4.77. The third-order valence-corrected chi connectivity index (χ3v) is 2.02. The van der Waals surface area contributed by atoms with Crippen molar-refractivity contribution in [1.29, 1.82) is 0 Å². The number of carbonyl (C=O) groups is 1. The minimum atomic E-state index is -0.282. The van der Waals surface area contributed by atoms with Crippen molar-refractivity contribution in [3.63, 3.8) is 0 Å². The monoisotopic (exact) mass is 197 g/mol. The Morgan fingerprint density at radius 3 is 3.08 bits per heavy atom. The van der Waals surface area contributed by atoms with E-state index in [1.165, 1.54) is 11.3 Å². The van der Waals surface area contributed by atoms with E-state index in [0.29, 0.717) is 12.2 Å². The van der Waals surface area contributed by atoms with Gasteiger partial charge in [-0.1, -0.05) is 0 Å². The van der Waals surface area contributed by atoms with E-state index >= 15 is 0 Å². The van der Waals surface area contributed by atoms with Crippen molar-refractivity contribution in [3.8, 4) is 0 Å². The Kier molecular flexibility index (Phi) is 3.64. The number of nitrogens with zero attached hydrogens (tertiary/aromatic N) is 1. The van der Waals surface area contributed by atoms with Gasteiger partial charge in [-0.05, 0) is 19.9 Å². The maximum atomic E-state index is 11.2. The highest BCUT2D eigenvalue weighted by Gasteiger charge is 2.04. The third-order valence-electron chi connectivity index (χ3n) is 1.41. The minimum absolute atomic E-state index is 0.282. The smallest absolute Gasteiger partial charge is 0.333 e. The maximum absolute atomic E-state index is 11.2. The molecule has 4 heteroatoms. The predicted octanol–water partition coefficient (Wildman–Crippen LogP) is 2.11. The fourth-order valence-electron chi connectivity index (χ4n) is 0.819. The Hall–Kier alpha value is -1.16. The summed E-state index contributed by atoms with van der Waals surface area (Å²) in [6.07, 6.45) is 1.72. The first-order valence-electron chi connectivity index (χ1n) is 3.97. The van der Waals surface area contributed by atoms with Crippen molar-refractivity contribution >= 4 is 23.4 Å². The first kappa shape index (κ1) is 9.92. The van der Waals surface area contributed by atoms with Gasteiger partial charge in [-0.3, -0.25) is 0 Å². The molecule has 1 heterocycles. The van der Waals surface area contributed by atoms with E-state index in [2.05, 4.69) is 4.98 Å². The van der Waals surface area contributed by atoms with Gasteiger partial charge in [-0.25, -0.2) is 9.78 Å². The molecule has 13 heavy (non-hydrogen) atoms. The molecule has 0 unspecified atom stereocenters. The summed E-state index contributed by atoms with van der Waals surface area (Å²) in [5.74, 6) is -0.282. The lowest BCUT2D eigenvalue weighted by Crippen LogP contribution is -2.04. The van der Waals surface area contributed by atoms with E-state index in [1.807, 2.05) is 5.38 Å². The lowest BCUT2D eigenvalue weighted by atomic mass is 10.2. The summed E-state index contributed by atoms with van der Waals surface area (Å²) < 4.78 is 4.82. The van der Waals surface area contributed by atoms with Gasteiger partial charge in [0.1, 0.15) is 0 Å². The van der Waals surface area contributed by atoms with Crippen LogP contribution < -0.4 is 0 Å². The summed E-state index contributed by atoms with van der Waals surface area (Å²) in [5, 5.41) is 1.88. The van der Waals surface area contributed by atoms with Crippen LogP contribution in [0.4, 0.5) is 0 Å². The van der Waals surface area contributed by atoms with Gasteiger partial charge >= 0.3 is 5.97 Å². The number of hydrogen-bond acceptors (Lipinski definition) is 4. The van der Waals surface area contributed by atoms with Crippen LogP contribution in [0.5, 0.6) is 0 Å². The average Bonchev–Trinajstić information content (AvgIpc) is 2.57. The van der Waals surface area contributed by atoms with E-state index < -0.39 is 0 Å². The van der Waals surface area contributed by atoms with Crippen LogP contribution in [0.1, 0.15) is 19.5 Å². The molecule has 70 valence electrons. The van der Waals surface area contributed by atoms with Crippen molar-refractivity contribution in [1.82, 2.24) is 4.98 Å². The molecule has 0 saturated heterocycles. The Morgan fingerprint density at radius 1 is 1.77 bits per heavy atom. The third kappa shape index (κ3) is 2.99. The molecule has 0 radical (unpaired) electrons.